The summed E-state index contributed by atoms with van der Waals surface area (Å²) in [5.41, 5.74) is 2.49. The van der Waals surface area contributed by atoms with Crippen LogP contribution < -0.4 is 0 Å². The molecule has 2 rings (SSSR count). The fraction of sp³-hybridized carbons (Fsp3) is 0.188. The Morgan fingerprint density at radius 3 is 2.42 bits per heavy atom. The van der Waals surface area contributed by atoms with Crippen LogP contribution in [0.5, 0.6) is 5.75 Å². The van der Waals surface area contributed by atoms with Gasteiger partial charge in [-0.3, -0.25) is 4.79 Å². The molecule has 0 heterocycles. The molecule has 1 atom stereocenters. The number of hydrogen-bond acceptors (Lipinski definition) is 2. The third-order valence-electron chi connectivity index (χ3n) is 3.14. The van der Waals surface area contributed by atoms with Crippen molar-refractivity contribution in [3.05, 3.63) is 65.2 Å². The first-order valence-corrected chi connectivity index (χ1v) is 6.14. The Bertz CT molecular complexity index is 576. The molecule has 3 heteroatoms. The van der Waals surface area contributed by atoms with Gasteiger partial charge in [0.15, 0.2) is 0 Å². The van der Waals surface area contributed by atoms with Gasteiger partial charge in [0.05, 0.1) is 6.42 Å². The van der Waals surface area contributed by atoms with E-state index >= 15 is 0 Å². The molecule has 0 aliphatic heterocycles. The van der Waals surface area contributed by atoms with Crippen LogP contribution in [0.4, 0.5) is 0 Å². The van der Waals surface area contributed by atoms with Crippen molar-refractivity contribution >= 4 is 5.97 Å². The van der Waals surface area contributed by atoms with Gasteiger partial charge < -0.3 is 10.2 Å². The lowest BCUT2D eigenvalue weighted by molar-refractivity contribution is -0.137. The topological polar surface area (TPSA) is 57.5 Å². The summed E-state index contributed by atoms with van der Waals surface area (Å²) < 4.78 is 0. The van der Waals surface area contributed by atoms with E-state index in [0.29, 0.717) is 5.56 Å². The van der Waals surface area contributed by atoms with Crippen LogP contribution in [0.3, 0.4) is 0 Å². The molecule has 0 fully saturated rings. The Balaban J connectivity index is 2.46. The van der Waals surface area contributed by atoms with Gasteiger partial charge in [-0.1, -0.05) is 42.5 Å². The van der Waals surface area contributed by atoms with Gasteiger partial charge in [0.1, 0.15) is 5.75 Å². The third kappa shape index (κ3) is 3.13. The van der Waals surface area contributed by atoms with Gasteiger partial charge in [0, 0.05) is 11.5 Å². The molecule has 0 bridgehead atoms. The molecule has 0 aromatic heterocycles. The first-order valence-electron chi connectivity index (χ1n) is 6.14. The summed E-state index contributed by atoms with van der Waals surface area (Å²) in [6.07, 6.45) is -0.0410. The SMILES string of the molecule is Cc1ccc(C(CC(=O)O)c2ccccc2)c(O)c1. The molecule has 0 aliphatic rings. The van der Waals surface area contributed by atoms with Gasteiger partial charge in [-0.2, -0.15) is 0 Å². The molecule has 98 valence electrons. The van der Waals surface area contributed by atoms with Crippen LogP contribution in [0.15, 0.2) is 48.5 Å². The Morgan fingerprint density at radius 2 is 1.84 bits per heavy atom. The normalized spacial score (nSPS) is 12.1. The van der Waals surface area contributed by atoms with E-state index in [-0.39, 0.29) is 18.1 Å². The lowest BCUT2D eigenvalue weighted by Crippen LogP contribution is -2.08. The predicted octanol–water partition coefficient (Wildman–Crippen LogP) is 3.31. The molecule has 0 saturated carbocycles. The first-order chi connectivity index (χ1) is 9.08. The molecule has 0 spiro atoms. The minimum Gasteiger partial charge on any atom is -0.508 e. The monoisotopic (exact) mass is 256 g/mol. The summed E-state index contributed by atoms with van der Waals surface area (Å²) in [5, 5.41) is 19.1. The molecule has 2 aromatic rings. The molecule has 1 unspecified atom stereocenters. The van der Waals surface area contributed by atoms with Crippen LogP contribution >= 0.6 is 0 Å². The maximum atomic E-state index is 11.1. The number of benzene rings is 2. The summed E-state index contributed by atoms with van der Waals surface area (Å²) in [7, 11) is 0. The molecule has 3 nitrogen and oxygen atoms in total. The molecular formula is C16H16O3. The fourth-order valence-electron chi connectivity index (χ4n) is 2.22. The molecular weight excluding hydrogens is 240 g/mol. The van der Waals surface area contributed by atoms with Gasteiger partial charge >= 0.3 is 5.97 Å². The van der Waals surface area contributed by atoms with Gasteiger partial charge in [-0.25, -0.2) is 0 Å². The van der Waals surface area contributed by atoms with Crippen molar-refractivity contribution in [1.29, 1.82) is 0 Å². The standard InChI is InChI=1S/C16H16O3/c1-11-7-8-13(15(17)9-11)14(10-16(18)19)12-5-3-2-4-6-12/h2-9,14,17H,10H2,1H3,(H,18,19). The van der Waals surface area contributed by atoms with Crippen LogP contribution in [0, 0.1) is 6.92 Å². The van der Waals surface area contributed by atoms with Crippen LogP contribution in [0.25, 0.3) is 0 Å². The predicted molar refractivity (Wildman–Crippen MR) is 73.4 cm³/mol. The van der Waals surface area contributed by atoms with E-state index in [1.165, 1.54) is 0 Å². The van der Waals surface area contributed by atoms with E-state index in [1.54, 1.807) is 12.1 Å². The van der Waals surface area contributed by atoms with Gasteiger partial charge in [0.25, 0.3) is 0 Å². The zero-order valence-electron chi connectivity index (χ0n) is 10.7. The van der Waals surface area contributed by atoms with Crippen molar-refractivity contribution in [2.24, 2.45) is 0 Å². The Labute approximate surface area is 112 Å². The summed E-state index contributed by atoms with van der Waals surface area (Å²) in [6.45, 7) is 1.89. The summed E-state index contributed by atoms with van der Waals surface area (Å²) >= 11 is 0. The Kier molecular flexibility index (Phi) is 3.85. The highest BCUT2D eigenvalue weighted by atomic mass is 16.4. The van der Waals surface area contributed by atoms with E-state index in [9.17, 15) is 9.90 Å². The molecule has 0 amide bonds. The number of rotatable bonds is 4. The highest BCUT2D eigenvalue weighted by molar-refractivity contribution is 5.69. The number of aromatic hydroxyl groups is 1. The molecule has 0 radical (unpaired) electrons. The number of phenols is 1. The quantitative estimate of drug-likeness (QED) is 0.882. The molecule has 19 heavy (non-hydrogen) atoms. The Hall–Kier alpha value is -2.29. The van der Waals surface area contributed by atoms with E-state index < -0.39 is 5.97 Å². The summed E-state index contributed by atoms with van der Waals surface area (Å²) in [4.78, 5) is 11.1. The second-order valence-corrected chi connectivity index (χ2v) is 4.62. The van der Waals surface area contributed by atoms with Gasteiger partial charge in [0.2, 0.25) is 0 Å². The second kappa shape index (κ2) is 5.57. The van der Waals surface area contributed by atoms with Gasteiger partial charge in [-0.05, 0) is 24.1 Å². The van der Waals surface area contributed by atoms with Crippen molar-refractivity contribution in [2.75, 3.05) is 0 Å². The van der Waals surface area contributed by atoms with Crippen molar-refractivity contribution in [3.63, 3.8) is 0 Å². The first kappa shape index (κ1) is 13.1. The maximum Gasteiger partial charge on any atom is 0.304 e. The van der Waals surface area contributed by atoms with E-state index in [4.69, 9.17) is 5.11 Å². The van der Waals surface area contributed by atoms with Crippen molar-refractivity contribution in [1.82, 2.24) is 0 Å². The fourth-order valence-corrected chi connectivity index (χ4v) is 2.22. The average molecular weight is 256 g/mol. The number of aliphatic carboxylic acids is 1. The zero-order chi connectivity index (χ0) is 13.8. The van der Waals surface area contributed by atoms with Crippen LogP contribution in [0.2, 0.25) is 0 Å². The van der Waals surface area contributed by atoms with Crippen molar-refractivity contribution < 1.29 is 15.0 Å². The highest BCUT2D eigenvalue weighted by Crippen LogP contribution is 2.34. The number of hydrogen-bond donors (Lipinski definition) is 2. The van der Waals surface area contributed by atoms with Crippen molar-refractivity contribution in [3.8, 4) is 5.75 Å². The smallest absolute Gasteiger partial charge is 0.304 e. The van der Waals surface area contributed by atoms with E-state index in [2.05, 4.69) is 0 Å². The number of aryl methyl sites for hydroxylation is 1. The minimum atomic E-state index is -0.881. The molecule has 2 aromatic carbocycles. The maximum absolute atomic E-state index is 11.1. The van der Waals surface area contributed by atoms with Crippen LogP contribution in [-0.2, 0) is 4.79 Å². The summed E-state index contributed by atoms with van der Waals surface area (Å²) in [6, 6.07) is 14.7. The lowest BCUT2D eigenvalue weighted by atomic mass is 9.87. The highest BCUT2D eigenvalue weighted by Gasteiger charge is 2.20. The number of carbonyl (C=O) groups is 1. The van der Waals surface area contributed by atoms with Gasteiger partial charge in [-0.15, -0.1) is 0 Å². The van der Waals surface area contributed by atoms with Crippen molar-refractivity contribution in [2.45, 2.75) is 19.3 Å². The minimum absolute atomic E-state index is 0.0410. The molecule has 0 aliphatic carbocycles. The molecule has 2 N–H and O–H groups in total. The molecule has 0 saturated heterocycles. The summed E-state index contributed by atoms with van der Waals surface area (Å²) in [5.74, 6) is -1.07. The largest absolute Gasteiger partial charge is 0.508 e. The third-order valence-corrected chi connectivity index (χ3v) is 3.14. The van der Waals surface area contributed by atoms with E-state index in [0.717, 1.165) is 11.1 Å². The van der Waals surface area contributed by atoms with Crippen LogP contribution in [0.1, 0.15) is 29.0 Å². The number of carboxylic acids is 1. The number of carboxylic acid groups (broad SMARTS) is 1. The average Bonchev–Trinajstić information content (AvgIpc) is 2.37. The van der Waals surface area contributed by atoms with E-state index in [1.807, 2.05) is 43.3 Å². The number of phenolic OH excluding ortho intramolecular Hbond substituents is 1. The second-order valence-electron chi connectivity index (χ2n) is 4.62. The zero-order valence-corrected chi connectivity index (χ0v) is 10.7. The lowest BCUT2D eigenvalue weighted by Gasteiger charge is -2.17. The Morgan fingerprint density at radius 1 is 1.16 bits per heavy atom. The van der Waals surface area contributed by atoms with Crippen LogP contribution in [-0.4, -0.2) is 16.2 Å².